The zero-order valence-electron chi connectivity index (χ0n) is 18.1. The largest absolute Gasteiger partial charge is 0.352 e. The summed E-state index contributed by atoms with van der Waals surface area (Å²) in [5.74, 6) is -9.89. The van der Waals surface area contributed by atoms with Crippen LogP contribution in [0.15, 0.2) is 36.4 Å². The predicted molar refractivity (Wildman–Crippen MR) is 125 cm³/mol. The Bertz CT molecular complexity index is 1250. The molecule has 1 fully saturated rings. The van der Waals surface area contributed by atoms with Crippen LogP contribution in [0.5, 0.6) is 0 Å². The number of alkyl halides is 2. The van der Waals surface area contributed by atoms with Crippen molar-refractivity contribution in [2.24, 2.45) is 0 Å². The van der Waals surface area contributed by atoms with E-state index in [0.717, 1.165) is 17.0 Å². The summed E-state index contributed by atoms with van der Waals surface area (Å²) in [7, 11) is 18.4. The number of piperidine rings is 1. The molecule has 172 valence electrons. The number of hydrogen-bond donors (Lipinski definition) is 2. The van der Waals surface area contributed by atoms with Gasteiger partial charge in [0, 0.05) is 34.5 Å². The molecular formula is C22H15B3ClF2N3O4. The van der Waals surface area contributed by atoms with Crippen LogP contribution in [-0.2, 0) is 20.3 Å². The van der Waals surface area contributed by atoms with E-state index < -0.39 is 53.0 Å². The number of imide groups is 1. The van der Waals surface area contributed by atoms with Crippen LogP contribution in [-0.4, -0.2) is 58.1 Å². The second-order valence-electron chi connectivity index (χ2n) is 8.19. The Morgan fingerprint density at radius 3 is 2.46 bits per heavy atom. The van der Waals surface area contributed by atoms with E-state index in [0.29, 0.717) is 0 Å². The number of nitrogens with zero attached hydrogens (tertiary/aromatic N) is 1. The van der Waals surface area contributed by atoms with Crippen molar-refractivity contribution in [3.63, 3.8) is 0 Å². The fourth-order valence-electron chi connectivity index (χ4n) is 4.22. The van der Waals surface area contributed by atoms with E-state index in [1.807, 2.05) is 5.32 Å². The van der Waals surface area contributed by atoms with Gasteiger partial charge in [-0.2, -0.15) is 8.78 Å². The number of carbonyl (C=O) groups excluding carboxylic acids is 4. The number of rotatable bonds is 5. The molecule has 4 rings (SSSR count). The normalized spacial score (nSPS) is 20.9. The van der Waals surface area contributed by atoms with E-state index in [1.165, 1.54) is 24.3 Å². The van der Waals surface area contributed by atoms with Crippen LogP contribution in [0.25, 0.3) is 0 Å². The average molecular weight is 491 g/mol. The Morgan fingerprint density at radius 1 is 1.17 bits per heavy atom. The molecule has 0 aromatic heterocycles. The van der Waals surface area contributed by atoms with Crippen molar-refractivity contribution in [1.82, 2.24) is 15.5 Å². The van der Waals surface area contributed by atoms with Crippen molar-refractivity contribution in [3.8, 4) is 0 Å². The molecule has 2 aliphatic rings. The van der Waals surface area contributed by atoms with E-state index in [9.17, 15) is 28.0 Å². The van der Waals surface area contributed by atoms with Gasteiger partial charge in [0.05, 0.1) is 0 Å². The Morgan fingerprint density at radius 2 is 1.83 bits per heavy atom. The fourth-order valence-corrected chi connectivity index (χ4v) is 4.34. The lowest BCUT2D eigenvalue weighted by Crippen LogP contribution is -2.53. The van der Waals surface area contributed by atoms with E-state index in [2.05, 4.69) is 5.32 Å². The molecule has 6 radical (unpaired) electrons. The lowest BCUT2D eigenvalue weighted by molar-refractivity contribution is -0.147. The third-order valence-corrected chi connectivity index (χ3v) is 6.29. The summed E-state index contributed by atoms with van der Waals surface area (Å²) < 4.78 is 29.3. The van der Waals surface area contributed by atoms with Gasteiger partial charge in [0.15, 0.2) is 0 Å². The summed E-state index contributed by atoms with van der Waals surface area (Å²) in [5, 5.41) is 4.42. The molecule has 35 heavy (non-hydrogen) atoms. The first-order valence-corrected chi connectivity index (χ1v) is 10.9. The average Bonchev–Trinajstić information content (AvgIpc) is 3.05. The molecule has 1 saturated heterocycles. The predicted octanol–water partition coefficient (Wildman–Crippen LogP) is 0.637. The van der Waals surface area contributed by atoms with Crippen LogP contribution in [0, 0.1) is 0 Å². The molecule has 0 spiro atoms. The van der Waals surface area contributed by atoms with Gasteiger partial charge in [-0.25, -0.2) is 0 Å². The first-order chi connectivity index (χ1) is 16.4. The SMILES string of the molecule is [B]c1c(C([B])NC(=O)C(F)(F)c2ccc(Cl)cc2)ccc2c1C([B])N(C1CCC(=O)NC1=O)C2=O. The molecular weight excluding hydrogens is 476 g/mol. The van der Waals surface area contributed by atoms with Crippen molar-refractivity contribution in [2.75, 3.05) is 0 Å². The summed E-state index contributed by atoms with van der Waals surface area (Å²) in [6.07, 6.45) is 0.114. The number of nitrogens with one attached hydrogen (secondary N) is 2. The second-order valence-corrected chi connectivity index (χ2v) is 8.62. The minimum atomic E-state index is -3.91. The molecule has 3 unspecified atom stereocenters. The quantitative estimate of drug-likeness (QED) is 0.474. The summed E-state index contributed by atoms with van der Waals surface area (Å²) in [4.78, 5) is 50.2. The highest BCUT2D eigenvalue weighted by Crippen LogP contribution is 2.35. The third kappa shape index (κ3) is 4.35. The smallest absolute Gasteiger partial charge is 0.349 e. The first-order valence-electron chi connectivity index (χ1n) is 10.5. The molecule has 0 bridgehead atoms. The van der Waals surface area contributed by atoms with Crippen LogP contribution in [0.3, 0.4) is 0 Å². The number of halogens is 3. The third-order valence-electron chi connectivity index (χ3n) is 6.04. The standard InChI is InChI=1S/C22H15B3ClF2N3O4/c23-16-12(17(24)30-21(35)22(27,28)9-1-3-10(26)4-2-9)6-5-11-15(16)18(25)31(20(11)34)13-7-8-14(32)29-19(13)33/h1-6,13,17-18H,7-8H2,(H,30,35)(H,29,32,33). The summed E-state index contributed by atoms with van der Waals surface area (Å²) >= 11 is 5.71. The lowest BCUT2D eigenvalue weighted by atomic mass is 9.72. The van der Waals surface area contributed by atoms with Gasteiger partial charge in [0.2, 0.25) is 11.8 Å². The van der Waals surface area contributed by atoms with Gasteiger partial charge in [0.1, 0.15) is 29.6 Å². The molecule has 2 aliphatic heterocycles. The maximum Gasteiger partial charge on any atom is 0.349 e. The lowest BCUT2D eigenvalue weighted by Gasteiger charge is -2.33. The topological polar surface area (TPSA) is 95.6 Å². The van der Waals surface area contributed by atoms with Gasteiger partial charge in [-0.05, 0) is 35.7 Å². The van der Waals surface area contributed by atoms with Crippen LogP contribution in [0.4, 0.5) is 8.78 Å². The minimum Gasteiger partial charge on any atom is -0.352 e. The molecule has 7 nitrogen and oxygen atoms in total. The van der Waals surface area contributed by atoms with Gasteiger partial charge in [-0.15, -0.1) is 0 Å². The Hall–Kier alpha value is -3.14. The van der Waals surface area contributed by atoms with Gasteiger partial charge >= 0.3 is 5.92 Å². The molecule has 2 aromatic rings. The summed E-state index contributed by atoms with van der Waals surface area (Å²) in [6, 6.07) is 6.16. The molecule has 3 atom stereocenters. The maximum absolute atomic E-state index is 14.6. The van der Waals surface area contributed by atoms with Crippen LogP contribution in [0.2, 0.25) is 5.02 Å². The van der Waals surface area contributed by atoms with Crippen molar-refractivity contribution >= 4 is 64.2 Å². The Labute approximate surface area is 208 Å². The van der Waals surface area contributed by atoms with Gasteiger partial charge in [-0.3, -0.25) is 24.5 Å². The molecule has 2 aromatic carbocycles. The van der Waals surface area contributed by atoms with E-state index in [4.69, 9.17) is 35.1 Å². The summed E-state index contributed by atoms with van der Waals surface area (Å²) in [5.41, 5.74) is -0.362. The van der Waals surface area contributed by atoms with E-state index in [1.54, 1.807) is 0 Å². The summed E-state index contributed by atoms with van der Waals surface area (Å²) in [6.45, 7) is 0. The highest BCUT2D eigenvalue weighted by atomic mass is 35.5. The molecule has 13 heteroatoms. The van der Waals surface area contributed by atoms with Gasteiger partial charge < -0.3 is 10.2 Å². The van der Waals surface area contributed by atoms with Gasteiger partial charge in [-0.1, -0.05) is 35.3 Å². The number of carbonyl (C=O) groups is 4. The molecule has 2 heterocycles. The highest BCUT2D eigenvalue weighted by molar-refractivity contribution is 6.38. The monoisotopic (exact) mass is 491 g/mol. The van der Waals surface area contributed by atoms with Crippen molar-refractivity contribution < 1.29 is 28.0 Å². The van der Waals surface area contributed by atoms with Crippen molar-refractivity contribution in [3.05, 3.63) is 63.7 Å². The van der Waals surface area contributed by atoms with Crippen LogP contribution in [0.1, 0.15) is 51.8 Å². The molecule has 0 aliphatic carbocycles. The first kappa shape index (κ1) is 25.0. The number of hydrogen-bond acceptors (Lipinski definition) is 4. The highest BCUT2D eigenvalue weighted by Gasteiger charge is 2.44. The minimum absolute atomic E-state index is 0.0305. The number of benzene rings is 2. The number of fused-ring (bicyclic) bond motifs is 1. The maximum atomic E-state index is 14.6. The fraction of sp³-hybridized carbons (Fsp3) is 0.273. The van der Waals surface area contributed by atoms with Crippen molar-refractivity contribution in [1.29, 1.82) is 0 Å². The number of amides is 4. The Balaban J connectivity index is 1.58. The van der Waals surface area contributed by atoms with Gasteiger partial charge in [0.25, 0.3) is 11.8 Å². The van der Waals surface area contributed by atoms with Crippen molar-refractivity contribution in [2.45, 2.75) is 36.7 Å². The Kier molecular flexibility index (Phi) is 6.53. The molecule has 4 amide bonds. The van der Waals surface area contributed by atoms with E-state index >= 15 is 0 Å². The zero-order chi connectivity index (χ0) is 25.7. The molecule has 0 saturated carbocycles. The van der Waals surface area contributed by atoms with Crippen LogP contribution < -0.4 is 16.1 Å². The van der Waals surface area contributed by atoms with Crippen LogP contribution >= 0.6 is 11.6 Å². The second kappa shape index (κ2) is 9.15. The zero-order valence-corrected chi connectivity index (χ0v) is 18.8. The van der Waals surface area contributed by atoms with E-state index in [-0.39, 0.29) is 40.0 Å². The molecule has 2 N–H and O–H groups in total.